The Balaban J connectivity index is 1.21. The average Bonchev–Trinajstić information content (AvgIpc) is 3.65. The lowest BCUT2D eigenvalue weighted by atomic mass is 10.2. The number of pyridine rings is 1. The van der Waals surface area contributed by atoms with Crippen LogP contribution < -0.4 is 16.0 Å². The van der Waals surface area contributed by atoms with Crippen molar-refractivity contribution < 1.29 is 0 Å². The summed E-state index contributed by atoms with van der Waals surface area (Å²) in [6.07, 6.45) is 9.11. The maximum atomic E-state index is 12.7. The second-order valence-electron chi connectivity index (χ2n) is 8.04. The Morgan fingerprint density at radius 1 is 0.903 bits per heavy atom. The number of piperazine rings is 1. The van der Waals surface area contributed by atoms with Crippen molar-refractivity contribution in [1.29, 1.82) is 0 Å². The normalized spacial score (nSPS) is 17.1. The summed E-state index contributed by atoms with van der Waals surface area (Å²) in [6.45, 7) is 4.38. The van der Waals surface area contributed by atoms with Gasteiger partial charge < -0.3 is 9.47 Å². The molecule has 0 unspecified atom stereocenters. The molecule has 160 valence electrons. The highest BCUT2D eigenvalue weighted by Crippen LogP contribution is 2.33. The summed E-state index contributed by atoms with van der Waals surface area (Å²) in [5.74, 6) is 0.553. The molecule has 1 saturated carbocycles. The second-order valence-corrected chi connectivity index (χ2v) is 8.04. The van der Waals surface area contributed by atoms with Gasteiger partial charge in [0.05, 0.1) is 12.2 Å². The number of nitrogens with zero attached hydrogens (tertiary/aromatic N) is 7. The first-order chi connectivity index (χ1) is 15.2. The van der Waals surface area contributed by atoms with E-state index in [1.54, 1.807) is 36.9 Å². The Labute approximate surface area is 179 Å². The van der Waals surface area contributed by atoms with Gasteiger partial charge in [0.15, 0.2) is 5.82 Å². The summed E-state index contributed by atoms with van der Waals surface area (Å²) in [7, 11) is 0. The molecule has 31 heavy (non-hydrogen) atoms. The van der Waals surface area contributed by atoms with E-state index in [0.717, 1.165) is 56.8 Å². The topological polar surface area (TPSA) is 89.2 Å². The summed E-state index contributed by atoms with van der Waals surface area (Å²) in [5, 5.41) is 4.52. The third-order valence-corrected chi connectivity index (χ3v) is 5.93. The highest BCUT2D eigenvalue weighted by Gasteiger charge is 2.27. The number of rotatable bonds is 6. The Hall–Kier alpha value is -3.33. The number of hydrogen-bond acceptors (Lipinski definition) is 7. The minimum Gasteiger partial charge on any atom is -0.349 e. The van der Waals surface area contributed by atoms with Crippen molar-refractivity contribution in [3.05, 3.63) is 69.8 Å². The van der Waals surface area contributed by atoms with Gasteiger partial charge in [0.25, 0.3) is 11.1 Å². The van der Waals surface area contributed by atoms with Crippen molar-refractivity contribution in [3.8, 4) is 11.3 Å². The first-order valence-electron chi connectivity index (χ1n) is 10.7. The number of hydrogen-bond donors (Lipinski definition) is 0. The number of anilines is 1. The first kappa shape index (κ1) is 19.6. The van der Waals surface area contributed by atoms with Crippen molar-refractivity contribution in [3.63, 3.8) is 0 Å². The molecule has 1 aliphatic heterocycles. The summed E-state index contributed by atoms with van der Waals surface area (Å²) < 4.78 is 3.35. The van der Waals surface area contributed by atoms with E-state index in [4.69, 9.17) is 0 Å². The predicted octanol–water partition coefficient (Wildman–Crippen LogP) is 1.02. The van der Waals surface area contributed by atoms with Gasteiger partial charge in [0, 0.05) is 75.2 Å². The fraction of sp³-hybridized carbons (Fsp3) is 0.409. The van der Waals surface area contributed by atoms with Crippen molar-refractivity contribution in [2.24, 2.45) is 0 Å². The van der Waals surface area contributed by atoms with E-state index >= 15 is 0 Å². The van der Waals surface area contributed by atoms with E-state index in [1.165, 1.54) is 4.68 Å². The Morgan fingerprint density at radius 2 is 1.68 bits per heavy atom. The largest absolute Gasteiger partial charge is 0.349 e. The molecule has 0 bridgehead atoms. The minimum atomic E-state index is -0.106. The average molecular weight is 419 g/mol. The van der Waals surface area contributed by atoms with E-state index in [-0.39, 0.29) is 11.1 Å². The summed E-state index contributed by atoms with van der Waals surface area (Å²) in [6, 6.07) is 7.42. The molecule has 9 nitrogen and oxygen atoms in total. The molecule has 3 aromatic heterocycles. The predicted molar refractivity (Wildman–Crippen MR) is 117 cm³/mol. The highest BCUT2D eigenvalue weighted by atomic mass is 16.1. The molecule has 0 radical (unpaired) electrons. The maximum Gasteiger partial charge on any atom is 0.293 e. The van der Waals surface area contributed by atoms with E-state index < -0.39 is 0 Å². The lowest BCUT2D eigenvalue weighted by molar-refractivity contribution is 0.242. The van der Waals surface area contributed by atoms with E-state index in [9.17, 15) is 9.59 Å². The zero-order chi connectivity index (χ0) is 21.2. The van der Waals surface area contributed by atoms with Crippen LogP contribution in [0.3, 0.4) is 0 Å². The molecule has 2 aliphatic rings. The van der Waals surface area contributed by atoms with Gasteiger partial charge >= 0.3 is 0 Å². The molecule has 0 N–H and O–H groups in total. The molecule has 0 atom stereocenters. The Bertz CT molecular complexity index is 1160. The third kappa shape index (κ3) is 4.27. The van der Waals surface area contributed by atoms with Crippen LogP contribution >= 0.6 is 0 Å². The summed E-state index contributed by atoms with van der Waals surface area (Å²) in [4.78, 5) is 37.7. The van der Waals surface area contributed by atoms with Crippen molar-refractivity contribution in [2.75, 3.05) is 37.6 Å². The second kappa shape index (κ2) is 8.43. The molecule has 3 aromatic rings. The van der Waals surface area contributed by atoms with Crippen LogP contribution in [0, 0.1) is 0 Å². The minimum absolute atomic E-state index is 0.0159. The monoisotopic (exact) mass is 419 g/mol. The molecule has 5 rings (SSSR count). The van der Waals surface area contributed by atoms with Crippen molar-refractivity contribution in [1.82, 2.24) is 29.2 Å². The van der Waals surface area contributed by atoms with Gasteiger partial charge in [0.2, 0.25) is 0 Å². The molecule has 0 spiro atoms. The Kier molecular flexibility index (Phi) is 5.33. The van der Waals surface area contributed by atoms with Crippen LogP contribution in [0.15, 0.2) is 58.6 Å². The highest BCUT2D eigenvalue weighted by molar-refractivity contribution is 5.57. The third-order valence-electron chi connectivity index (χ3n) is 5.93. The van der Waals surface area contributed by atoms with Crippen LogP contribution in [0.25, 0.3) is 11.3 Å². The van der Waals surface area contributed by atoms with Crippen LogP contribution in [0.1, 0.15) is 18.9 Å². The first-order valence-corrected chi connectivity index (χ1v) is 10.7. The summed E-state index contributed by atoms with van der Waals surface area (Å²) in [5.41, 5.74) is 1.60. The van der Waals surface area contributed by atoms with Crippen LogP contribution in [-0.2, 0) is 6.54 Å². The SMILES string of the molecule is O=c1c(N2CCN(CCn3nc(-c4ccncc4)ccc3=O)CC2)nccn1C1CC1. The van der Waals surface area contributed by atoms with Crippen LogP contribution in [0.5, 0.6) is 0 Å². The van der Waals surface area contributed by atoms with Gasteiger partial charge in [-0.05, 0) is 31.0 Å². The van der Waals surface area contributed by atoms with E-state index in [2.05, 4.69) is 24.9 Å². The molecule has 0 aromatic carbocycles. The van der Waals surface area contributed by atoms with Gasteiger partial charge in [-0.3, -0.25) is 19.5 Å². The molecule has 4 heterocycles. The standard InChI is InChI=1S/C22H25N7O2/c30-20-4-3-19(17-5-7-23-8-6-17)25-29(20)16-13-26-11-14-27(15-12-26)21-22(31)28(10-9-24-21)18-1-2-18/h3-10,18H,1-2,11-16H2. The maximum absolute atomic E-state index is 12.7. The lowest BCUT2D eigenvalue weighted by Gasteiger charge is -2.35. The van der Waals surface area contributed by atoms with Gasteiger partial charge in [0.1, 0.15) is 0 Å². The fourth-order valence-corrected chi connectivity index (χ4v) is 3.98. The van der Waals surface area contributed by atoms with Gasteiger partial charge in [-0.15, -0.1) is 0 Å². The number of aromatic nitrogens is 5. The molecule has 1 aliphatic carbocycles. The van der Waals surface area contributed by atoms with Crippen LogP contribution in [0.4, 0.5) is 5.82 Å². The zero-order valence-electron chi connectivity index (χ0n) is 17.3. The molecule has 0 amide bonds. The van der Waals surface area contributed by atoms with Gasteiger partial charge in [-0.2, -0.15) is 5.10 Å². The zero-order valence-corrected chi connectivity index (χ0v) is 17.3. The van der Waals surface area contributed by atoms with Crippen LogP contribution in [0.2, 0.25) is 0 Å². The van der Waals surface area contributed by atoms with Crippen molar-refractivity contribution >= 4 is 5.82 Å². The smallest absolute Gasteiger partial charge is 0.293 e. The van der Waals surface area contributed by atoms with Crippen LogP contribution in [-0.4, -0.2) is 61.9 Å². The summed E-state index contributed by atoms with van der Waals surface area (Å²) >= 11 is 0. The molecular formula is C22H25N7O2. The Morgan fingerprint density at radius 3 is 2.42 bits per heavy atom. The molecule has 1 saturated heterocycles. The van der Waals surface area contributed by atoms with Gasteiger partial charge in [-0.1, -0.05) is 0 Å². The molecule has 2 fully saturated rings. The van der Waals surface area contributed by atoms with E-state index in [1.807, 2.05) is 16.7 Å². The van der Waals surface area contributed by atoms with E-state index in [0.29, 0.717) is 18.4 Å². The molecular weight excluding hydrogens is 394 g/mol. The van der Waals surface area contributed by atoms with Gasteiger partial charge in [-0.25, -0.2) is 9.67 Å². The lowest BCUT2D eigenvalue weighted by Crippen LogP contribution is -2.49. The quantitative estimate of drug-likeness (QED) is 0.589. The fourth-order valence-electron chi connectivity index (χ4n) is 3.98. The molecule has 9 heteroatoms. The van der Waals surface area contributed by atoms with Crippen molar-refractivity contribution in [2.45, 2.75) is 25.4 Å².